The van der Waals surface area contributed by atoms with E-state index < -0.39 is 0 Å². The van der Waals surface area contributed by atoms with E-state index in [1.54, 1.807) is 0 Å². The lowest BCUT2D eigenvalue weighted by molar-refractivity contribution is 0.515. The molecule has 0 bridgehead atoms. The van der Waals surface area contributed by atoms with Crippen molar-refractivity contribution in [1.82, 2.24) is 9.97 Å². The topological polar surface area (TPSA) is 37.8 Å². The van der Waals surface area contributed by atoms with Gasteiger partial charge in [-0.2, -0.15) is 0 Å². The Balaban J connectivity index is 2.29. The summed E-state index contributed by atoms with van der Waals surface area (Å²) in [5.41, 5.74) is 1.22. The molecule has 2 atom stereocenters. The first kappa shape index (κ1) is 16.0. The van der Waals surface area contributed by atoms with Gasteiger partial charge in [-0.1, -0.05) is 27.2 Å². The molecule has 1 heterocycles. The largest absolute Gasteiger partial charge is 0.372 e. The molecule has 1 saturated carbocycles. The van der Waals surface area contributed by atoms with Gasteiger partial charge in [0.25, 0.3) is 0 Å². The lowest BCUT2D eigenvalue weighted by Gasteiger charge is -2.16. The number of anilines is 1. The van der Waals surface area contributed by atoms with Crippen LogP contribution in [0.1, 0.15) is 63.9 Å². The molecule has 4 heteroatoms. The second-order valence-corrected chi connectivity index (χ2v) is 7.40. The van der Waals surface area contributed by atoms with E-state index in [-0.39, 0.29) is 0 Å². The maximum Gasteiger partial charge on any atom is 0.143 e. The molecule has 1 aliphatic rings. The van der Waals surface area contributed by atoms with Gasteiger partial charge < -0.3 is 5.32 Å². The zero-order valence-electron chi connectivity index (χ0n) is 13.0. The van der Waals surface area contributed by atoms with Crippen molar-refractivity contribution in [1.29, 1.82) is 0 Å². The highest BCUT2D eigenvalue weighted by Crippen LogP contribution is 2.39. The Labute approximate surface area is 136 Å². The van der Waals surface area contributed by atoms with Gasteiger partial charge in [0, 0.05) is 13.0 Å². The Morgan fingerprint density at radius 1 is 1.30 bits per heavy atom. The zero-order chi connectivity index (χ0) is 14.7. The fourth-order valence-electron chi connectivity index (χ4n) is 3.06. The second kappa shape index (κ2) is 7.05. The molecule has 1 fully saturated rings. The molecular weight excluding hydrogens is 361 g/mol. The van der Waals surface area contributed by atoms with Crippen molar-refractivity contribution in [3.8, 4) is 0 Å². The summed E-state index contributed by atoms with van der Waals surface area (Å²) in [5.74, 6) is 4.14. The molecule has 112 valence electrons. The summed E-state index contributed by atoms with van der Waals surface area (Å²) in [6.45, 7) is 6.80. The van der Waals surface area contributed by atoms with Crippen LogP contribution >= 0.6 is 22.6 Å². The van der Waals surface area contributed by atoms with E-state index in [0.29, 0.717) is 11.8 Å². The highest BCUT2D eigenvalue weighted by Gasteiger charge is 2.28. The second-order valence-electron chi connectivity index (χ2n) is 6.32. The molecule has 1 N–H and O–H groups in total. The smallest absolute Gasteiger partial charge is 0.143 e. The van der Waals surface area contributed by atoms with Crippen molar-refractivity contribution in [2.45, 2.75) is 58.8 Å². The van der Waals surface area contributed by atoms with E-state index in [9.17, 15) is 0 Å². The van der Waals surface area contributed by atoms with Crippen LogP contribution < -0.4 is 5.32 Å². The lowest BCUT2D eigenvalue weighted by atomic mass is 10.0. The molecule has 2 unspecified atom stereocenters. The Hall–Kier alpha value is -0.390. The van der Waals surface area contributed by atoms with Crippen molar-refractivity contribution < 1.29 is 0 Å². The summed E-state index contributed by atoms with van der Waals surface area (Å²) in [4.78, 5) is 9.69. The van der Waals surface area contributed by atoms with E-state index in [1.807, 2.05) is 7.05 Å². The van der Waals surface area contributed by atoms with Crippen molar-refractivity contribution in [3.63, 3.8) is 0 Å². The highest BCUT2D eigenvalue weighted by molar-refractivity contribution is 14.1. The molecule has 3 nitrogen and oxygen atoms in total. The molecule has 0 radical (unpaired) electrons. The molecule has 0 amide bonds. The Kier molecular flexibility index (Phi) is 5.64. The number of hydrogen-bond donors (Lipinski definition) is 1. The van der Waals surface area contributed by atoms with E-state index in [4.69, 9.17) is 9.97 Å². The minimum Gasteiger partial charge on any atom is -0.372 e. The van der Waals surface area contributed by atoms with Crippen molar-refractivity contribution >= 4 is 28.4 Å². The number of nitrogens with zero attached hydrogens (tertiary/aromatic N) is 2. The fraction of sp³-hybridized carbons (Fsp3) is 0.750. The summed E-state index contributed by atoms with van der Waals surface area (Å²) in [7, 11) is 1.96. The predicted octanol–water partition coefficient (Wildman–Crippen LogP) is 4.62. The van der Waals surface area contributed by atoms with E-state index in [2.05, 4.69) is 48.7 Å². The monoisotopic (exact) mass is 387 g/mol. The minimum atomic E-state index is 0.565. The van der Waals surface area contributed by atoms with Crippen molar-refractivity contribution in [2.24, 2.45) is 11.8 Å². The first-order chi connectivity index (χ1) is 9.55. The maximum atomic E-state index is 4.91. The zero-order valence-corrected chi connectivity index (χ0v) is 15.2. The fourth-order valence-corrected chi connectivity index (χ4v) is 3.79. The van der Waals surface area contributed by atoms with Crippen molar-refractivity contribution in [2.75, 3.05) is 12.4 Å². The van der Waals surface area contributed by atoms with Gasteiger partial charge in [-0.15, -0.1) is 0 Å². The third-order valence-corrected chi connectivity index (χ3v) is 5.39. The van der Waals surface area contributed by atoms with Gasteiger partial charge in [0.05, 0.1) is 9.26 Å². The summed E-state index contributed by atoms with van der Waals surface area (Å²) in [6.07, 6.45) is 6.18. The van der Waals surface area contributed by atoms with Crippen LogP contribution in [0.15, 0.2) is 0 Å². The molecular formula is C16H26IN3. The average Bonchev–Trinajstić information content (AvgIpc) is 2.89. The Bertz CT molecular complexity index is 459. The molecule has 2 rings (SSSR count). The molecule has 1 aromatic heterocycles. The summed E-state index contributed by atoms with van der Waals surface area (Å²) >= 11 is 2.38. The van der Waals surface area contributed by atoms with Gasteiger partial charge in [-0.25, -0.2) is 9.97 Å². The van der Waals surface area contributed by atoms with Gasteiger partial charge in [0.1, 0.15) is 11.6 Å². The number of halogens is 1. The summed E-state index contributed by atoms with van der Waals surface area (Å²) < 4.78 is 1.19. The summed E-state index contributed by atoms with van der Waals surface area (Å²) in [6, 6.07) is 0. The van der Waals surface area contributed by atoms with Gasteiger partial charge in [-0.05, 0) is 60.1 Å². The normalized spacial score (nSPS) is 22.5. The van der Waals surface area contributed by atoms with Crippen molar-refractivity contribution in [3.05, 3.63) is 15.1 Å². The predicted molar refractivity (Wildman–Crippen MR) is 93.2 cm³/mol. The van der Waals surface area contributed by atoms with Crippen LogP contribution in [0.3, 0.4) is 0 Å². The third kappa shape index (κ3) is 3.62. The number of nitrogens with one attached hydrogen (secondary N) is 1. The van der Waals surface area contributed by atoms with Gasteiger partial charge >= 0.3 is 0 Å². The Morgan fingerprint density at radius 3 is 2.60 bits per heavy atom. The third-order valence-electron chi connectivity index (χ3n) is 4.26. The van der Waals surface area contributed by atoms with Crippen LogP contribution in [0.4, 0.5) is 5.82 Å². The Morgan fingerprint density at radius 2 is 2.05 bits per heavy atom. The number of rotatable bonds is 5. The van der Waals surface area contributed by atoms with E-state index >= 15 is 0 Å². The van der Waals surface area contributed by atoms with Crippen LogP contribution in [0.5, 0.6) is 0 Å². The maximum absolute atomic E-state index is 4.91. The number of hydrogen-bond acceptors (Lipinski definition) is 3. The van der Waals surface area contributed by atoms with Gasteiger partial charge in [0.15, 0.2) is 0 Å². The summed E-state index contributed by atoms with van der Waals surface area (Å²) in [5, 5.41) is 3.24. The molecule has 1 aromatic rings. The van der Waals surface area contributed by atoms with Gasteiger partial charge in [-0.3, -0.25) is 0 Å². The van der Waals surface area contributed by atoms with Crippen LogP contribution in [0.2, 0.25) is 0 Å². The average molecular weight is 387 g/mol. The van der Waals surface area contributed by atoms with Crippen LogP contribution in [0, 0.1) is 15.4 Å². The quantitative estimate of drug-likeness (QED) is 0.750. The molecule has 1 aliphatic carbocycles. The van der Waals surface area contributed by atoms with Crippen LogP contribution in [-0.2, 0) is 6.42 Å². The van der Waals surface area contributed by atoms with E-state index in [0.717, 1.165) is 24.0 Å². The van der Waals surface area contributed by atoms with Crippen LogP contribution in [-0.4, -0.2) is 17.0 Å². The SMILES string of the molecule is CCC1CCC(c2nc(CC(C)C)c(I)c(NC)n2)C1. The highest BCUT2D eigenvalue weighted by atomic mass is 127. The lowest BCUT2D eigenvalue weighted by Crippen LogP contribution is -2.11. The standard InChI is InChI=1S/C16H26IN3/c1-5-11-6-7-12(9-11)15-19-13(8-10(2)3)14(17)16(18-4)20-15/h10-12H,5-9H2,1-4H3,(H,18,19,20). The molecule has 0 spiro atoms. The molecule has 0 aromatic carbocycles. The molecule has 20 heavy (non-hydrogen) atoms. The van der Waals surface area contributed by atoms with Gasteiger partial charge in [0.2, 0.25) is 0 Å². The van der Waals surface area contributed by atoms with E-state index in [1.165, 1.54) is 34.9 Å². The minimum absolute atomic E-state index is 0.565. The molecule has 0 aliphatic heterocycles. The molecule has 0 saturated heterocycles. The first-order valence-corrected chi connectivity index (χ1v) is 8.87. The van der Waals surface area contributed by atoms with Crippen LogP contribution in [0.25, 0.3) is 0 Å². The number of aromatic nitrogens is 2. The first-order valence-electron chi connectivity index (χ1n) is 7.79.